The molecule has 1 aliphatic heterocycles. The van der Waals surface area contributed by atoms with E-state index in [0.717, 1.165) is 22.7 Å². The number of allylic oxidation sites excluding steroid dienone is 1. The summed E-state index contributed by atoms with van der Waals surface area (Å²) >= 11 is 5.64. The van der Waals surface area contributed by atoms with Crippen LogP contribution in [0.15, 0.2) is 35.5 Å². The van der Waals surface area contributed by atoms with Crippen LogP contribution in [0.25, 0.3) is 0 Å². The highest BCUT2D eigenvalue weighted by atomic mass is 32.2. The van der Waals surface area contributed by atoms with Crippen LogP contribution in [0.3, 0.4) is 0 Å². The number of pyridine rings is 1. The van der Waals surface area contributed by atoms with Gasteiger partial charge in [0.25, 0.3) is 0 Å². The van der Waals surface area contributed by atoms with E-state index in [1.165, 1.54) is 11.8 Å². The zero-order valence-electron chi connectivity index (χ0n) is 20.1. The molecule has 34 heavy (non-hydrogen) atoms. The predicted octanol–water partition coefficient (Wildman–Crippen LogP) is 2.70. The number of thiol groups is 1. The summed E-state index contributed by atoms with van der Waals surface area (Å²) in [5.74, 6) is -0.720. The van der Waals surface area contributed by atoms with E-state index >= 15 is 0 Å². The molecule has 0 fully saturated rings. The van der Waals surface area contributed by atoms with Crippen molar-refractivity contribution in [2.24, 2.45) is 16.6 Å². The monoisotopic (exact) mass is 506 g/mol. The number of aromatic nitrogens is 1. The Morgan fingerprint density at radius 3 is 2.74 bits per heavy atom. The Labute approximate surface area is 211 Å². The SMILES string of the molecule is CCc1cc(C2=N[C@](C)(C(=O)N[C@H](C(=O)O[C@H](/C=C/CCS)CC(N)=O)C(C)C)CS2)ccn1. The van der Waals surface area contributed by atoms with Gasteiger partial charge in [-0.2, -0.15) is 12.6 Å². The standard InChI is InChI=1S/C24H34N4O4S2/c1-5-17-12-16(9-10-26-17)21-28-24(4,14-34-21)23(31)27-20(15(2)3)22(30)32-18(13-19(25)29)8-6-7-11-33/h6,8-10,12,15,18,20,33H,5,7,11,13-14H2,1-4H3,(H2,25,29)(H,27,31)/b8-6+/t18-,20+,24+/m1/s1. The molecular formula is C24H34N4O4S2. The van der Waals surface area contributed by atoms with Gasteiger partial charge in [0.2, 0.25) is 11.8 Å². The van der Waals surface area contributed by atoms with Crippen molar-refractivity contribution in [3.05, 3.63) is 41.7 Å². The minimum Gasteiger partial charge on any atom is -0.456 e. The first-order valence-electron chi connectivity index (χ1n) is 11.3. The molecule has 3 atom stereocenters. The van der Waals surface area contributed by atoms with Gasteiger partial charge in [-0.05, 0) is 49.6 Å². The lowest BCUT2D eigenvalue weighted by molar-refractivity contribution is -0.153. The normalized spacial score (nSPS) is 19.6. The maximum absolute atomic E-state index is 13.2. The highest BCUT2D eigenvalue weighted by molar-refractivity contribution is 8.14. The molecule has 0 unspecified atom stereocenters. The molecule has 0 bridgehead atoms. The van der Waals surface area contributed by atoms with Crippen LogP contribution >= 0.6 is 24.4 Å². The fourth-order valence-electron chi connectivity index (χ4n) is 3.25. The average Bonchev–Trinajstić information content (AvgIpc) is 3.20. The first kappa shape index (κ1) is 27.9. The van der Waals surface area contributed by atoms with E-state index in [9.17, 15) is 14.4 Å². The summed E-state index contributed by atoms with van der Waals surface area (Å²) < 4.78 is 5.53. The molecule has 0 aliphatic carbocycles. The van der Waals surface area contributed by atoms with Gasteiger partial charge in [0.1, 0.15) is 17.7 Å². The Hall–Kier alpha value is -2.33. The lowest BCUT2D eigenvalue weighted by Crippen LogP contribution is -2.53. The molecule has 0 saturated carbocycles. The smallest absolute Gasteiger partial charge is 0.329 e. The Morgan fingerprint density at radius 2 is 2.12 bits per heavy atom. The maximum atomic E-state index is 13.2. The molecular weight excluding hydrogens is 472 g/mol. The maximum Gasteiger partial charge on any atom is 0.329 e. The zero-order chi connectivity index (χ0) is 25.3. The van der Waals surface area contributed by atoms with Crippen LogP contribution in [0.1, 0.15) is 51.8 Å². The van der Waals surface area contributed by atoms with Crippen molar-refractivity contribution in [2.45, 2.75) is 64.6 Å². The largest absolute Gasteiger partial charge is 0.456 e. The second kappa shape index (κ2) is 12.9. The van der Waals surface area contributed by atoms with Crippen LogP contribution in [0.4, 0.5) is 0 Å². The average molecular weight is 507 g/mol. The first-order chi connectivity index (χ1) is 16.1. The quantitative estimate of drug-likeness (QED) is 0.228. The van der Waals surface area contributed by atoms with Crippen molar-refractivity contribution in [3.8, 4) is 0 Å². The molecule has 2 rings (SSSR count). The fraction of sp³-hybridized carbons (Fsp3) is 0.542. The van der Waals surface area contributed by atoms with Gasteiger partial charge < -0.3 is 15.8 Å². The Balaban J connectivity index is 2.14. The molecule has 0 radical (unpaired) electrons. The summed E-state index contributed by atoms with van der Waals surface area (Å²) in [6.45, 7) is 7.41. The summed E-state index contributed by atoms with van der Waals surface area (Å²) in [6.07, 6.45) is 5.68. The van der Waals surface area contributed by atoms with Gasteiger partial charge in [0.15, 0.2) is 0 Å². The number of amides is 2. The van der Waals surface area contributed by atoms with Crippen LogP contribution < -0.4 is 11.1 Å². The van der Waals surface area contributed by atoms with Gasteiger partial charge in [-0.3, -0.25) is 19.6 Å². The summed E-state index contributed by atoms with van der Waals surface area (Å²) in [4.78, 5) is 46.6. The predicted molar refractivity (Wildman–Crippen MR) is 139 cm³/mol. The van der Waals surface area contributed by atoms with E-state index in [4.69, 9.17) is 15.5 Å². The molecule has 2 amide bonds. The van der Waals surface area contributed by atoms with Crippen LogP contribution in [-0.2, 0) is 25.5 Å². The van der Waals surface area contributed by atoms with Crippen LogP contribution in [0.2, 0.25) is 0 Å². The van der Waals surface area contributed by atoms with Gasteiger partial charge in [0, 0.05) is 23.2 Å². The van der Waals surface area contributed by atoms with E-state index < -0.39 is 29.6 Å². The van der Waals surface area contributed by atoms with Gasteiger partial charge in [-0.25, -0.2) is 4.79 Å². The topological polar surface area (TPSA) is 124 Å². The van der Waals surface area contributed by atoms with Crippen molar-refractivity contribution in [2.75, 3.05) is 11.5 Å². The zero-order valence-corrected chi connectivity index (χ0v) is 21.8. The molecule has 2 heterocycles. The molecule has 186 valence electrons. The summed E-state index contributed by atoms with van der Waals surface area (Å²) in [5, 5.41) is 3.59. The van der Waals surface area contributed by atoms with E-state index in [1.807, 2.05) is 32.9 Å². The third-order valence-corrected chi connectivity index (χ3v) is 6.84. The molecule has 0 saturated heterocycles. The lowest BCUT2D eigenvalue weighted by atomic mass is 10.00. The van der Waals surface area contributed by atoms with E-state index in [2.05, 4.69) is 22.9 Å². The van der Waals surface area contributed by atoms with Crippen molar-refractivity contribution in [3.63, 3.8) is 0 Å². The third-order valence-electron chi connectivity index (χ3n) is 5.28. The first-order valence-corrected chi connectivity index (χ1v) is 13.0. The molecule has 1 aromatic heterocycles. The Kier molecular flexibility index (Phi) is 10.6. The van der Waals surface area contributed by atoms with Crippen molar-refractivity contribution in [1.29, 1.82) is 0 Å². The molecule has 0 spiro atoms. The van der Waals surface area contributed by atoms with Gasteiger partial charge in [0.05, 0.1) is 11.5 Å². The van der Waals surface area contributed by atoms with Gasteiger partial charge >= 0.3 is 5.97 Å². The lowest BCUT2D eigenvalue weighted by Gasteiger charge is -2.27. The van der Waals surface area contributed by atoms with Crippen molar-refractivity contribution < 1.29 is 19.1 Å². The molecule has 10 heteroatoms. The van der Waals surface area contributed by atoms with E-state index in [1.54, 1.807) is 25.3 Å². The third kappa shape index (κ3) is 7.87. The summed E-state index contributed by atoms with van der Waals surface area (Å²) in [7, 11) is 0. The number of hydrogen-bond donors (Lipinski definition) is 3. The molecule has 8 nitrogen and oxygen atoms in total. The number of esters is 1. The van der Waals surface area contributed by atoms with Crippen LogP contribution in [-0.4, -0.2) is 57.0 Å². The number of primary amides is 1. The molecule has 3 N–H and O–H groups in total. The van der Waals surface area contributed by atoms with Gasteiger partial charge in [-0.1, -0.05) is 26.8 Å². The highest BCUT2D eigenvalue weighted by Gasteiger charge is 2.41. The second-order valence-electron chi connectivity index (χ2n) is 8.65. The number of aliphatic imine (C=N–C) groups is 1. The van der Waals surface area contributed by atoms with E-state index in [0.29, 0.717) is 17.9 Å². The number of nitrogens with zero attached hydrogens (tertiary/aromatic N) is 2. The molecule has 1 aliphatic rings. The molecule has 0 aromatic carbocycles. The van der Waals surface area contributed by atoms with Crippen molar-refractivity contribution >= 4 is 47.2 Å². The minimum absolute atomic E-state index is 0.138. The van der Waals surface area contributed by atoms with Gasteiger partial charge in [-0.15, -0.1) is 11.8 Å². The Morgan fingerprint density at radius 1 is 1.38 bits per heavy atom. The number of carbonyl (C=O) groups excluding carboxylic acids is 3. The number of nitrogens with two attached hydrogens (primary N) is 1. The summed E-state index contributed by atoms with van der Waals surface area (Å²) in [6, 6.07) is 2.96. The van der Waals surface area contributed by atoms with Crippen LogP contribution in [0, 0.1) is 5.92 Å². The fourth-order valence-corrected chi connectivity index (χ4v) is 4.58. The minimum atomic E-state index is -1.03. The number of rotatable bonds is 12. The highest BCUT2D eigenvalue weighted by Crippen LogP contribution is 2.31. The van der Waals surface area contributed by atoms with Crippen molar-refractivity contribution in [1.82, 2.24) is 10.3 Å². The number of nitrogens with one attached hydrogen (secondary N) is 1. The summed E-state index contributed by atoms with van der Waals surface area (Å²) in [5.41, 5.74) is 6.15. The molecule has 1 aromatic rings. The number of ether oxygens (including phenoxy) is 1. The number of thioether (sulfide) groups is 1. The second-order valence-corrected chi connectivity index (χ2v) is 10.1. The number of aryl methyl sites for hydroxylation is 1. The number of hydrogen-bond acceptors (Lipinski definition) is 8. The van der Waals surface area contributed by atoms with Crippen LogP contribution in [0.5, 0.6) is 0 Å². The van der Waals surface area contributed by atoms with E-state index in [-0.39, 0.29) is 18.2 Å². The Bertz CT molecular complexity index is 951. The number of carbonyl (C=O) groups is 3.